The third-order valence-corrected chi connectivity index (χ3v) is 4.60. The molecule has 3 heterocycles. The molecule has 25 heavy (non-hydrogen) atoms. The highest BCUT2D eigenvalue weighted by atomic mass is 19.1. The van der Waals surface area contributed by atoms with Crippen LogP contribution in [0, 0.1) is 5.82 Å². The summed E-state index contributed by atoms with van der Waals surface area (Å²) in [4.78, 5) is 6.59. The number of aromatic nitrogens is 3. The lowest BCUT2D eigenvalue weighted by atomic mass is 9.96. The van der Waals surface area contributed by atoms with Gasteiger partial charge >= 0.3 is 0 Å². The number of pyridine rings is 1. The first-order valence-electron chi connectivity index (χ1n) is 8.48. The number of piperidine rings is 1. The third-order valence-electron chi connectivity index (χ3n) is 4.60. The predicted octanol–water partition coefficient (Wildman–Crippen LogP) is 3.65. The molecule has 0 atom stereocenters. The molecular weight excluding hydrogens is 319 g/mol. The number of nitrogens with zero attached hydrogens (tertiary/aromatic N) is 4. The summed E-state index contributed by atoms with van der Waals surface area (Å²) in [6.45, 7) is 2.91. The molecule has 1 saturated heterocycles. The van der Waals surface area contributed by atoms with Gasteiger partial charge < -0.3 is 4.42 Å². The topological polar surface area (TPSA) is 55.1 Å². The lowest BCUT2D eigenvalue weighted by molar-refractivity contribution is 0.193. The fourth-order valence-corrected chi connectivity index (χ4v) is 3.20. The lowest BCUT2D eigenvalue weighted by Gasteiger charge is -2.30. The first-order valence-corrected chi connectivity index (χ1v) is 8.48. The third kappa shape index (κ3) is 3.74. The minimum atomic E-state index is -0.274. The van der Waals surface area contributed by atoms with Gasteiger partial charge in [0.05, 0.1) is 0 Å². The lowest BCUT2D eigenvalue weighted by Crippen LogP contribution is -2.32. The summed E-state index contributed by atoms with van der Waals surface area (Å²) in [6, 6.07) is 10.2. The van der Waals surface area contributed by atoms with E-state index in [0.717, 1.165) is 38.0 Å². The number of benzene rings is 1. The Kier molecular flexibility index (Phi) is 4.52. The Morgan fingerprint density at radius 1 is 1.08 bits per heavy atom. The van der Waals surface area contributed by atoms with Gasteiger partial charge in [0.1, 0.15) is 5.82 Å². The maximum absolute atomic E-state index is 13.0. The van der Waals surface area contributed by atoms with Crippen molar-refractivity contribution in [3.05, 3.63) is 66.1 Å². The van der Waals surface area contributed by atoms with Gasteiger partial charge in [0.2, 0.25) is 11.8 Å². The van der Waals surface area contributed by atoms with E-state index in [9.17, 15) is 4.39 Å². The molecule has 2 aromatic heterocycles. The Morgan fingerprint density at radius 2 is 1.88 bits per heavy atom. The molecule has 0 aliphatic carbocycles. The minimum Gasteiger partial charge on any atom is -0.420 e. The largest absolute Gasteiger partial charge is 0.420 e. The normalized spacial score (nSPS) is 16.2. The van der Waals surface area contributed by atoms with E-state index in [1.54, 1.807) is 18.3 Å². The van der Waals surface area contributed by atoms with Gasteiger partial charge in [-0.15, -0.1) is 10.2 Å². The molecule has 0 radical (unpaired) electrons. The molecule has 5 nitrogen and oxygen atoms in total. The molecule has 3 aromatic rings. The van der Waals surface area contributed by atoms with Crippen molar-refractivity contribution >= 4 is 0 Å². The molecule has 0 spiro atoms. The van der Waals surface area contributed by atoms with Crippen LogP contribution >= 0.6 is 0 Å². The van der Waals surface area contributed by atoms with Crippen molar-refractivity contribution < 1.29 is 8.81 Å². The predicted molar refractivity (Wildman–Crippen MR) is 91.2 cm³/mol. The average Bonchev–Trinajstić information content (AvgIpc) is 3.14. The number of halogens is 1. The first-order chi connectivity index (χ1) is 12.3. The molecule has 0 N–H and O–H groups in total. The molecule has 1 aliphatic heterocycles. The summed E-state index contributed by atoms with van der Waals surface area (Å²) >= 11 is 0. The van der Waals surface area contributed by atoms with Gasteiger partial charge in [0.15, 0.2) is 0 Å². The highest BCUT2D eigenvalue weighted by Crippen LogP contribution is 2.29. The van der Waals surface area contributed by atoms with Crippen LogP contribution in [-0.4, -0.2) is 33.2 Å². The molecule has 1 aliphatic rings. The van der Waals surface area contributed by atoms with Gasteiger partial charge in [-0.05, 0) is 61.8 Å². The van der Waals surface area contributed by atoms with Crippen LogP contribution < -0.4 is 0 Å². The van der Waals surface area contributed by atoms with Crippen LogP contribution in [0.3, 0.4) is 0 Å². The van der Waals surface area contributed by atoms with Gasteiger partial charge in [-0.3, -0.25) is 9.88 Å². The van der Waals surface area contributed by atoms with Crippen molar-refractivity contribution in [3.63, 3.8) is 0 Å². The van der Waals surface area contributed by atoms with E-state index in [1.165, 1.54) is 17.7 Å². The summed E-state index contributed by atoms with van der Waals surface area (Å²) in [6.07, 6.45) is 5.69. The van der Waals surface area contributed by atoms with E-state index in [1.807, 2.05) is 12.3 Å². The van der Waals surface area contributed by atoms with Crippen LogP contribution in [0.5, 0.6) is 0 Å². The zero-order valence-corrected chi connectivity index (χ0v) is 13.8. The number of hydrogen-bond acceptors (Lipinski definition) is 5. The van der Waals surface area contributed by atoms with E-state index in [2.05, 4.69) is 26.1 Å². The fourth-order valence-electron chi connectivity index (χ4n) is 3.20. The second-order valence-electron chi connectivity index (χ2n) is 6.36. The minimum absolute atomic E-state index is 0.274. The smallest absolute Gasteiger partial charge is 0.247 e. The van der Waals surface area contributed by atoms with Crippen LogP contribution in [0.1, 0.15) is 30.2 Å². The standard InChI is InChI=1S/C19H19FN4O/c20-17-5-3-15(4-6-17)18-22-23-19(25-18)16-7-10-24(11-8-16)13-14-2-1-9-21-12-14/h1-6,9,12,16H,7-8,10-11,13H2. The fraction of sp³-hybridized carbons (Fsp3) is 0.316. The molecule has 1 fully saturated rings. The molecule has 128 valence electrons. The van der Waals surface area contributed by atoms with Crippen molar-refractivity contribution in [1.29, 1.82) is 0 Å². The van der Waals surface area contributed by atoms with Gasteiger partial charge in [0, 0.05) is 30.4 Å². The van der Waals surface area contributed by atoms with Crippen molar-refractivity contribution in [3.8, 4) is 11.5 Å². The molecular formula is C19H19FN4O. The first kappa shape index (κ1) is 15.9. The zero-order chi connectivity index (χ0) is 17.1. The Bertz CT molecular complexity index is 811. The maximum atomic E-state index is 13.0. The summed E-state index contributed by atoms with van der Waals surface area (Å²) in [5, 5.41) is 8.33. The highest BCUT2D eigenvalue weighted by molar-refractivity contribution is 5.52. The Morgan fingerprint density at radius 3 is 2.60 bits per heavy atom. The molecule has 0 bridgehead atoms. The second-order valence-corrected chi connectivity index (χ2v) is 6.36. The van der Waals surface area contributed by atoms with Gasteiger partial charge in [0.25, 0.3) is 0 Å². The van der Waals surface area contributed by atoms with E-state index in [0.29, 0.717) is 11.8 Å². The van der Waals surface area contributed by atoms with Crippen molar-refractivity contribution in [1.82, 2.24) is 20.1 Å². The van der Waals surface area contributed by atoms with Crippen LogP contribution in [0.4, 0.5) is 4.39 Å². The summed E-state index contributed by atoms with van der Waals surface area (Å²) in [7, 11) is 0. The van der Waals surface area contributed by atoms with Crippen molar-refractivity contribution in [2.45, 2.75) is 25.3 Å². The number of likely N-dealkylation sites (tertiary alicyclic amines) is 1. The van der Waals surface area contributed by atoms with Crippen LogP contribution in [0.15, 0.2) is 53.2 Å². The van der Waals surface area contributed by atoms with E-state index in [-0.39, 0.29) is 11.7 Å². The molecule has 6 heteroatoms. The van der Waals surface area contributed by atoms with Crippen molar-refractivity contribution in [2.75, 3.05) is 13.1 Å². The maximum Gasteiger partial charge on any atom is 0.247 e. The van der Waals surface area contributed by atoms with Crippen LogP contribution in [0.2, 0.25) is 0 Å². The monoisotopic (exact) mass is 338 g/mol. The summed E-state index contributed by atoms with van der Waals surface area (Å²) in [5.41, 5.74) is 1.98. The van der Waals surface area contributed by atoms with Gasteiger partial charge in [-0.1, -0.05) is 6.07 Å². The molecule has 0 unspecified atom stereocenters. The second kappa shape index (κ2) is 7.11. The van der Waals surface area contributed by atoms with Gasteiger partial charge in [-0.2, -0.15) is 0 Å². The molecule has 4 rings (SSSR count). The van der Waals surface area contributed by atoms with E-state index >= 15 is 0 Å². The Balaban J connectivity index is 1.37. The molecule has 0 saturated carbocycles. The molecule has 0 amide bonds. The summed E-state index contributed by atoms with van der Waals surface area (Å²) < 4.78 is 18.8. The Labute approximate surface area is 145 Å². The number of rotatable bonds is 4. The van der Waals surface area contributed by atoms with Crippen LogP contribution in [-0.2, 0) is 6.54 Å². The highest BCUT2D eigenvalue weighted by Gasteiger charge is 2.25. The summed E-state index contributed by atoms with van der Waals surface area (Å²) in [5.74, 6) is 1.14. The molecule has 1 aromatic carbocycles. The van der Waals surface area contributed by atoms with Gasteiger partial charge in [-0.25, -0.2) is 4.39 Å². The Hall–Kier alpha value is -2.60. The quantitative estimate of drug-likeness (QED) is 0.727. The van der Waals surface area contributed by atoms with Crippen LogP contribution in [0.25, 0.3) is 11.5 Å². The number of hydrogen-bond donors (Lipinski definition) is 0. The average molecular weight is 338 g/mol. The van der Waals surface area contributed by atoms with E-state index < -0.39 is 0 Å². The van der Waals surface area contributed by atoms with E-state index in [4.69, 9.17) is 4.42 Å². The van der Waals surface area contributed by atoms with Crippen molar-refractivity contribution in [2.24, 2.45) is 0 Å². The SMILES string of the molecule is Fc1ccc(-c2nnc(C3CCN(Cc4cccnc4)CC3)o2)cc1. The zero-order valence-electron chi connectivity index (χ0n) is 13.8.